The van der Waals surface area contributed by atoms with E-state index < -0.39 is 18.0 Å². The molecule has 0 aliphatic carbocycles. The number of aliphatic hydroxyl groups excluding tert-OH is 2. The highest BCUT2D eigenvalue weighted by atomic mass is 16.5. The van der Waals surface area contributed by atoms with Crippen LogP contribution in [0.1, 0.15) is 110 Å². The zero-order valence-electron chi connectivity index (χ0n) is 21.0. The van der Waals surface area contributed by atoms with Crippen molar-refractivity contribution < 1.29 is 29.3 Å². The number of carbonyl (C=O) groups is 2. The maximum Gasteiger partial charge on any atom is 0.336 e. The van der Waals surface area contributed by atoms with Crippen molar-refractivity contribution in [3.63, 3.8) is 0 Å². The van der Waals surface area contributed by atoms with Crippen molar-refractivity contribution in [1.29, 1.82) is 0 Å². The third-order valence-corrected chi connectivity index (χ3v) is 5.68. The maximum atomic E-state index is 11.9. The summed E-state index contributed by atoms with van der Waals surface area (Å²) in [4.78, 5) is 23.7. The van der Waals surface area contributed by atoms with Crippen LogP contribution in [0.2, 0.25) is 0 Å². The van der Waals surface area contributed by atoms with Gasteiger partial charge >= 0.3 is 11.9 Å². The van der Waals surface area contributed by atoms with Gasteiger partial charge in [0.2, 0.25) is 0 Å². The molecule has 0 bridgehead atoms. The molecule has 6 heteroatoms. The molecule has 0 aromatic rings. The monoisotopic (exact) mass is 468 g/mol. The Bertz CT molecular complexity index is 543. The molecule has 0 amide bonds. The normalized spacial score (nSPS) is 11.7. The third-order valence-electron chi connectivity index (χ3n) is 5.68. The fourth-order valence-electron chi connectivity index (χ4n) is 3.41. The summed E-state index contributed by atoms with van der Waals surface area (Å²) in [6.45, 7) is 9.17. The van der Waals surface area contributed by atoms with Gasteiger partial charge in [-0.15, -0.1) is 0 Å². The van der Waals surface area contributed by atoms with E-state index in [0.29, 0.717) is 6.61 Å². The molecule has 192 valence electrons. The van der Waals surface area contributed by atoms with Crippen LogP contribution in [0.3, 0.4) is 0 Å². The molecule has 0 radical (unpaired) electrons. The summed E-state index contributed by atoms with van der Waals surface area (Å²) in [5.74, 6) is -1.21. The van der Waals surface area contributed by atoms with Crippen LogP contribution in [0.5, 0.6) is 0 Å². The molecule has 0 heterocycles. The molecule has 0 aliphatic heterocycles. The van der Waals surface area contributed by atoms with Gasteiger partial charge in [0.05, 0.1) is 24.9 Å². The lowest BCUT2D eigenvalue weighted by Gasteiger charge is -2.10. The zero-order chi connectivity index (χ0) is 24.7. The van der Waals surface area contributed by atoms with Crippen molar-refractivity contribution in [3.05, 3.63) is 24.3 Å². The van der Waals surface area contributed by atoms with E-state index in [1.807, 2.05) is 0 Å². The lowest BCUT2D eigenvalue weighted by atomic mass is 10.0. The lowest BCUT2D eigenvalue weighted by molar-refractivity contribution is -0.142. The van der Waals surface area contributed by atoms with E-state index in [9.17, 15) is 14.7 Å². The minimum absolute atomic E-state index is 0.0805. The SMILES string of the molecule is C=C(CCC(O)CO)C(=O)OCC(=C)C(=O)OCCCCCCCCCCCCCCCC. The first-order valence-electron chi connectivity index (χ1n) is 12.9. The van der Waals surface area contributed by atoms with Crippen LogP contribution in [0.4, 0.5) is 0 Å². The van der Waals surface area contributed by atoms with Gasteiger partial charge < -0.3 is 19.7 Å². The second-order valence-corrected chi connectivity index (χ2v) is 8.89. The van der Waals surface area contributed by atoms with Gasteiger partial charge in [-0.25, -0.2) is 9.59 Å². The molecule has 6 nitrogen and oxygen atoms in total. The topological polar surface area (TPSA) is 93.1 Å². The third kappa shape index (κ3) is 19.5. The smallest absolute Gasteiger partial charge is 0.336 e. The Morgan fingerprint density at radius 1 is 0.727 bits per heavy atom. The molecule has 0 aromatic heterocycles. The second-order valence-electron chi connectivity index (χ2n) is 8.89. The molecular formula is C27H48O6. The maximum absolute atomic E-state index is 11.9. The molecule has 1 unspecified atom stereocenters. The van der Waals surface area contributed by atoms with Crippen molar-refractivity contribution >= 4 is 11.9 Å². The van der Waals surface area contributed by atoms with Gasteiger partial charge in [-0.05, 0) is 19.3 Å². The Labute approximate surface area is 201 Å². The van der Waals surface area contributed by atoms with Crippen LogP contribution in [0, 0.1) is 0 Å². The first-order valence-corrected chi connectivity index (χ1v) is 12.9. The summed E-state index contributed by atoms with van der Waals surface area (Å²) in [7, 11) is 0. The molecule has 2 N–H and O–H groups in total. The van der Waals surface area contributed by atoms with Gasteiger partial charge in [-0.2, -0.15) is 0 Å². The highest BCUT2D eigenvalue weighted by molar-refractivity contribution is 5.90. The molecule has 0 aromatic carbocycles. The van der Waals surface area contributed by atoms with E-state index in [1.54, 1.807) is 0 Å². The van der Waals surface area contributed by atoms with Gasteiger partial charge in [0.15, 0.2) is 0 Å². The summed E-state index contributed by atoms with van der Waals surface area (Å²) in [6.07, 6.45) is 17.3. The molecule has 0 rings (SSSR count). The van der Waals surface area contributed by atoms with Crippen molar-refractivity contribution in [2.75, 3.05) is 19.8 Å². The van der Waals surface area contributed by atoms with Crippen molar-refractivity contribution in [2.24, 2.45) is 0 Å². The second kappa shape index (κ2) is 22.1. The Balaban J connectivity index is 3.56. The molecular weight excluding hydrogens is 420 g/mol. The molecule has 0 aliphatic rings. The van der Waals surface area contributed by atoms with Crippen LogP contribution in [-0.4, -0.2) is 48.1 Å². The van der Waals surface area contributed by atoms with E-state index in [2.05, 4.69) is 20.1 Å². The highest BCUT2D eigenvalue weighted by Crippen LogP contribution is 2.13. The average molecular weight is 469 g/mol. The number of esters is 2. The lowest BCUT2D eigenvalue weighted by Crippen LogP contribution is -2.17. The predicted molar refractivity (Wildman–Crippen MR) is 133 cm³/mol. The zero-order valence-corrected chi connectivity index (χ0v) is 21.0. The number of aliphatic hydroxyl groups is 2. The van der Waals surface area contributed by atoms with Crippen LogP contribution >= 0.6 is 0 Å². The quantitative estimate of drug-likeness (QED) is 0.112. The summed E-state index contributed by atoms with van der Waals surface area (Å²) in [5.41, 5.74) is 0.253. The largest absolute Gasteiger partial charge is 0.462 e. The van der Waals surface area contributed by atoms with Gasteiger partial charge in [0.25, 0.3) is 0 Å². The van der Waals surface area contributed by atoms with Crippen LogP contribution in [0.15, 0.2) is 24.3 Å². The highest BCUT2D eigenvalue weighted by Gasteiger charge is 2.14. The van der Waals surface area contributed by atoms with Crippen LogP contribution in [-0.2, 0) is 19.1 Å². The Morgan fingerprint density at radius 2 is 1.18 bits per heavy atom. The van der Waals surface area contributed by atoms with Gasteiger partial charge in [-0.1, -0.05) is 104 Å². The summed E-state index contributed by atoms with van der Waals surface area (Å²) >= 11 is 0. The van der Waals surface area contributed by atoms with E-state index >= 15 is 0 Å². The average Bonchev–Trinajstić information content (AvgIpc) is 2.82. The first-order chi connectivity index (χ1) is 15.9. The Morgan fingerprint density at radius 3 is 1.67 bits per heavy atom. The number of rotatable bonds is 23. The number of carbonyl (C=O) groups excluding carboxylic acids is 2. The minimum Gasteiger partial charge on any atom is -0.462 e. The Kier molecular flexibility index (Phi) is 21.0. The van der Waals surface area contributed by atoms with Crippen LogP contribution < -0.4 is 0 Å². The van der Waals surface area contributed by atoms with Crippen molar-refractivity contribution in [3.8, 4) is 0 Å². The van der Waals surface area contributed by atoms with Crippen molar-refractivity contribution in [1.82, 2.24) is 0 Å². The molecule has 0 spiro atoms. The molecule has 0 saturated heterocycles. The van der Waals surface area contributed by atoms with E-state index in [1.165, 1.54) is 70.6 Å². The van der Waals surface area contributed by atoms with Gasteiger partial charge in [-0.3, -0.25) is 0 Å². The number of unbranched alkanes of at least 4 members (excludes halogenated alkanes) is 13. The van der Waals surface area contributed by atoms with E-state index in [4.69, 9.17) is 14.6 Å². The predicted octanol–water partition coefficient (Wildman–Crippen LogP) is 5.80. The summed E-state index contributed by atoms with van der Waals surface area (Å²) in [6, 6.07) is 0. The van der Waals surface area contributed by atoms with E-state index in [0.717, 1.165) is 19.3 Å². The number of ether oxygens (including phenoxy) is 2. The molecule has 0 saturated carbocycles. The van der Waals surface area contributed by atoms with Crippen LogP contribution in [0.25, 0.3) is 0 Å². The summed E-state index contributed by atoms with van der Waals surface area (Å²) in [5, 5.41) is 18.1. The molecule has 1 atom stereocenters. The number of hydrogen-bond donors (Lipinski definition) is 2. The van der Waals surface area contributed by atoms with Gasteiger partial charge in [0, 0.05) is 5.57 Å². The van der Waals surface area contributed by atoms with Crippen molar-refractivity contribution in [2.45, 2.75) is 116 Å². The number of hydrogen-bond acceptors (Lipinski definition) is 6. The molecule has 0 fully saturated rings. The summed E-state index contributed by atoms with van der Waals surface area (Å²) < 4.78 is 10.2. The minimum atomic E-state index is -0.894. The standard InChI is InChI=1S/C27H48O6/c1-4-5-6-7-8-9-10-11-12-13-14-15-16-17-20-32-27(31)24(3)22-33-26(30)23(2)18-19-25(29)21-28/h25,28-29H,2-22H2,1H3. The fraction of sp³-hybridized carbons (Fsp3) is 0.778. The first kappa shape index (κ1) is 31.3. The Hall–Kier alpha value is -1.66. The fourth-order valence-corrected chi connectivity index (χ4v) is 3.41. The van der Waals surface area contributed by atoms with E-state index in [-0.39, 0.29) is 37.2 Å². The van der Waals surface area contributed by atoms with Gasteiger partial charge in [0.1, 0.15) is 6.61 Å². The molecule has 33 heavy (non-hydrogen) atoms.